The number of rotatable bonds is 5. The summed E-state index contributed by atoms with van der Waals surface area (Å²) in [4.78, 5) is 26.8. The number of hydrogen-bond donors (Lipinski definition) is 0. The second-order valence-electron chi connectivity index (χ2n) is 6.37. The Labute approximate surface area is 147 Å². The fraction of sp³-hybridized carbons (Fsp3) is 0.571. The van der Waals surface area contributed by atoms with Gasteiger partial charge in [-0.25, -0.2) is 13.2 Å². The molecule has 1 amide bonds. The normalized spacial score (nSPS) is 22.2. The highest BCUT2D eigenvalue weighted by atomic mass is 32.2. The summed E-state index contributed by atoms with van der Waals surface area (Å²) in [5, 5.41) is 10.0. The molecule has 0 bridgehead atoms. The van der Waals surface area contributed by atoms with E-state index >= 15 is 0 Å². The second-order valence-corrected chi connectivity index (χ2v) is 9.53. The summed E-state index contributed by atoms with van der Waals surface area (Å²) < 4.78 is 25.7. The van der Waals surface area contributed by atoms with Crippen LogP contribution in [0.4, 0.5) is 0 Å². The maximum Gasteiger partial charge on any atom is 0.369 e. The first-order chi connectivity index (χ1) is 11.9. The lowest BCUT2D eigenvalue weighted by atomic mass is 10.2. The van der Waals surface area contributed by atoms with Crippen molar-refractivity contribution in [2.24, 2.45) is 0 Å². The fourth-order valence-electron chi connectivity index (χ4n) is 3.16. The van der Waals surface area contributed by atoms with E-state index in [4.69, 9.17) is 0 Å². The Morgan fingerprint density at radius 1 is 1.28 bits per heavy atom. The van der Waals surface area contributed by atoms with Crippen molar-refractivity contribution in [3.05, 3.63) is 28.0 Å². The van der Waals surface area contributed by atoms with Crippen molar-refractivity contribution in [1.82, 2.24) is 24.7 Å². The first-order valence-electron chi connectivity index (χ1n) is 8.03. The summed E-state index contributed by atoms with van der Waals surface area (Å²) in [5.74, 6) is -0.153. The highest BCUT2D eigenvalue weighted by Crippen LogP contribution is 2.32. The molecule has 2 aliphatic rings. The molecule has 4 rings (SSSR count). The van der Waals surface area contributed by atoms with Crippen LogP contribution < -0.4 is 5.69 Å². The maximum absolute atomic E-state index is 12.7. The smallest absolute Gasteiger partial charge is 0.334 e. The molecule has 0 radical (unpaired) electrons. The minimum Gasteiger partial charge on any atom is -0.334 e. The quantitative estimate of drug-likeness (QED) is 0.700. The van der Waals surface area contributed by atoms with E-state index in [1.807, 2.05) is 5.38 Å². The van der Waals surface area contributed by atoms with Crippen molar-refractivity contribution in [3.8, 4) is 5.00 Å². The van der Waals surface area contributed by atoms with Crippen LogP contribution in [0, 0.1) is 0 Å². The standard InChI is InChI=1S/C14H17N5O4S2/c20-12(18(10-3-4-10)11-5-7-25(22,23)9-11)8-17-14(21)19(16-15-17)13-2-1-6-24-13/h1-2,6,10-11H,3-5,7-9H2. The Hall–Kier alpha value is -2.01. The van der Waals surface area contributed by atoms with E-state index in [2.05, 4.69) is 10.4 Å². The molecule has 1 aliphatic carbocycles. The summed E-state index contributed by atoms with van der Waals surface area (Å²) in [6, 6.07) is 3.32. The van der Waals surface area contributed by atoms with Crippen LogP contribution in [0.5, 0.6) is 0 Å². The van der Waals surface area contributed by atoms with Crippen LogP contribution in [-0.2, 0) is 21.2 Å². The molecule has 11 heteroatoms. The topological polar surface area (TPSA) is 107 Å². The van der Waals surface area contributed by atoms with Crippen molar-refractivity contribution in [2.45, 2.75) is 37.9 Å². The van der Waals surface area contributed by atoms with Gasteiger partial charge in [0, 0.05) is 12.1 Å². The molecule has 1 aliphatic heterocycles. The van der Waals surface area contributed by atoms with Crippen molar-refractivity contribution in [1.29, 1.82) is 0 Å². The van der Waals surface area contributed by atoms with Gasteiger partial charge in [0.25, 0.3) is 0 Å². The Balaban J connectivity index is 1.54. The summed E-state index contributed by atoms with van der Waals surface area (Å²) >= 11 is 1.35. The molecule has 134 valence electrons. The highest BCUT2D eigenvalue weighted by Gasteiger charge is 2.42. The van der Waals surface area contributed by atoms with Gasteiger partial charge in [0.1, 0.15) is 11.5 Å². The van der Waals surface area contributed by atoms with Crippen LogP contribution in [0.3, 0.4) is 0 Å². The minimum atomic E-state index is -3.08. The summed E-state index contributed by atoms with van der Waals surface area (Å²) in [6.45, 7) is -0.225. The molecule has 25 heavy (non-hydrogen) atoms. The molecule has 1 atom stereocenters. The lowest BCUT2D eigenvalue weighted by Crippen LogP contribution is -2.45. The molecule has 0 spiro atoms. The van der Waals surface area contributed by atoms with Gasteiger partial charge in [-0.15, -0.1) is 11.3 Å². The number of tetrazole rings is 1. The van der Waals surface area contributed by atoms with E-state index in [1.54, 1.807) is 17.0 Å². The zero-order valence-corrected chi connectivity index (χ0v) is 14.9. The average molecular weight is 383 g/mol. The lowest BCUT2D eigenvalue weighted by molar-refractivity contribution is -0.134. The minimum absolute atomic E-state index is 0.00598. The van der Waals surface area contributed by atoms with E-state index in [1.165, 1.54) is 11.3 Å². The molecule has 1 unspecified atom stereocenters. The highest BCUT2D eigenvalue weighted by molar-refractivity contribution is 7.91. The number of hydrogen-bond acceptors (Lipinski definition) is 7. The van der Waals surface area contributed by atoms with Crippen LogP contribution >= 0.6 is 11.3 Å². The number of carbonyl (C=O) groups is 1. The van der Waals surface area contributed by atoms with Crippen LogP contribution in [0.1, 0.15) is 19.3 Å². The first-order valence-corrected chi connectivity index (χ1v) is 10.7. The third kappa shape index (κ3) is 3.25. The van der Waals surface area contributed by atoms with E-state index in [9.17, 15) is 18.0 Å². The van der Waals surface area contributed by atoms with Gasteiger partial charge in [0.05, 0.1) is 11.5 Å². The van der Waals surface area contributed by atoms with Gasteiger partial charge in [-0.1, -0.05) is 0 Å². The van der Waals surface area contributed by atoms with Gasteiger partial charge in [0.15, 0.2) is 9.84 Å². The zero-order chi connectivity index (χ0) is 17.6. The first kappa shape index (κ1) is 16.5. The van der Waals surface area contributed by atoms with Gasteiger partial charge >= 0.3 is 5.69 Å². The maximum atomic E-state index is 12.7. The van der Waals surface area contributed by atoms with Gasteiger partial charge < -0.3 is 4.90 Å². The molecular weight excluding hydrogens is 366 g/mol. The van der Waals surface area contributed by atoms with Gasteiger partial charge in [-0.05, 0) is 47.2 Å². The van der Waals surface area contributed by atoms with Crippen LogP contribution in [0.2, 0.25) is 0 Å². The third-order valence-corrected chi connectivity index (χ3v) is 7.06. The number of carbonyl (C=O) groups excluding carboxylic acids is 1. The number of aromatic nitrogens is 4. The molecule has 3 heterocycles. The van der Waals surface area contributed by atoms with E-state index in [-0.39, 0.29) is 36.0 Å². The van der Waals surface area contributed by atoms with Crippen molar-refractivity contribution in [3.63, 3.8) is 0 Å². The predicted molar refractivity (Wildman–Crippen MR) is 90.4 cm³/mol. The molecule has 2 fully saturated rings. The van der Waals surface area contributed by atoms with Crippen molar-refractivity contribution < 1.29 is 13.2 Å². The van der Waals surface area contributed by atoms with E-state index in [0.717, 1.165) is 22.2 Å². The molecule has 1 saturated carbocycles. The van der Waals surface area contributed by atoms with Gasteiger partial charge in [-0.2, -0.15) is 9.36 Å². The molecule has 9 nitrogen and oxygen atoms in total. The number of thiophene rings is 1. The fourth-order valence-corrected chi connectivity index (χ4v) is 5.54. The summed E-state index contributed by atoms with van der Waals surface area (Å²) in [5.41, 5.74) is -0.481. The Kier molecular flexibility index (Phi) is 3.99. The third-order valence-electron chi connectivity index (χ3n) is 4.47. The van der Waals surface area contributed by atoms with Crippen molar-refractivity contribution in [2.75, 3.05) is 11.5 Å². The molecular formula is C14H17N5O4S2. The second kappa shape index (κ2) is 6.06. The zero-order valence-electron chi connectivity index (χ0n) is 13.3. The number of nitrogens with zero attached hydrogens (tertiary/aromatic N) is 5. The Morgan fingerprint density at radius 3 is 2.68 bits per heavy atom. The predicted octanol–water partition coefficient (Wildman–Crippen LogP) is -0.331. The Bertz CT molecular complexity index is 942. The Morgan fingerprint density at radius 2 is 2.08 bits per heavy atom. The summed E-state index contributed by atoms with van der Waals surface area (Å²) in [6.07, 6.45) is 2.21. The number of amides is 1. The van der Waals surface area contributed by atoms with Crippen LogP contribution in [0.25, 0.3) is 5.00 Å². The molecule has 2 aromatic heterocycles. The van der Waals surface area contributed by atoms with Gasteiger partial charge in [-0.3, -0.25) is 4.79 Å². The largest absolute Gasteiger partial charge is 0.369 e. The molecule has 0 N–H and O–H groups in total. The molecule has 1 saturated heterocycles. The molecule has 2 aromatic rings. The van der Waals surface area contributed by atoms with E-state index in [0.29, 0.717) is 11.4 Å². The molecule has 0 aromatic carbocycles. The van der Waals surface area contributed by atoms with Crippen LogP contribution in [0.15, 0.2) is 22.3 Å². The average Bonchev–Trinajstić information content (AvgIpc) is 2.93. The van der Waals surface area contributed by atoms with E-state index < -0.39 is 15.5 Å². The summed E-state index contributed by atoms with van der Waals surface area (Å²) in [7, 11) is -3.08. The lowest BCUT2D eigenvalue weighted by Gasteiger charge is -2.28. The van der Waals surface area contributed by atoms with Gasteiger partial charge in [0.2, 0.25) is 5.91 Å². The SMILES string of the molecule is O=C(Cn1nnn(-c2cccs2)c1=O)N(C1CC1)C1CCS(=O)(=O)C1. The van der Waals surface area contributed by atoms with Crippen LogP contribution in [-0.4, -0.2) is 62.6 Å². The van der Waals surface area contributed by atoms with Crippen molar-refractivity contribution >= 4 is 27.1 Å². The monoisotopic (exact) mass is 383 g/mol. The number of sulfone groups is 1.